The van der Waals surface area contributed by atoms with Gasteiger partial charge in [0.2, 0.25) is 0 Å². The van der Waals surface area contributed by atoms with Crippen LogP contribution in [-0.2, 0) is 0 Å². The van der Waals surface area contributed by atoms with E-state index in [-0.39, 0.29) is 27.2 Å². The first kappa shape index (κ1) is 13.6. The Kier molecular flexibility index (Phi) is 3.87. The number of carboxylic acids is 1. The van der Waals surface area contributed by atoms with Crippen molar-refractivity contribution in [3.63, 3.8) is 0 Å². The lowest BCUT2D eigenvalue weighted by Crippen LogP contribution is -2.02. The molecule has 0 radical (unpaired) electrons. The van der Waals surface area contributed by atoms with Crippen molar-refractivity contribution in [3.05, 3.63) is 51.9 Å². The zero-order valence-electron chi connectivity index (χ0n) is 9.32. The predicted molar refractivity (Wildman–Crippen MR) is 70.9 cm³/mol. The first-order valence-corrected chi connectivity index (χ1v) is 5.85. The molecular weight excluding hydrogens is 294 g/mol. The molecular formula is C12H7Cl2FN2O2. The third-order valence-electron chi connectivity index (χ3n) is 2.26. The SMILES string of the molecule is O=C(O)c1cc(Cl)nc(Nc2c(F)cccc2Cl)c1. The summed E-state index contributed by atoms with van der Waals surface area (Å²) in [5.74, 6) is -1.64. The van der Waals surface area contributed by atoms with E-state index in [0.717, 1.165) is 0 Å². The second-order valence-electron chi connectivity index (χ2n) is 3.59. The Morgan fingerprint density at radius 1 is 1.32 bits per heavy atom. The van der Waals surface area contributed by atoms with Gasteiger partial charge in [-0.15, -0.1) is 0 Å². The summed E-state index contributed by atoms with van der Waals surface area (Å²) in [6.45, 7) is 0. The standard InChI is InChI=1S/C12H7Cl2FN2O2/c13-7-2-1-3-8(15)11(7)17-10-5-6(12(18)19)4-9(14)16-10/h1-5H,(H,16,17)(H,18,19). The average Bonchev–Trinajstić information content (AvgIpc) is 2.33. The number of nitrogens with zero attached hydrogens (tertiary/aromatic N) is 1. The van der Waals surface area contributed by atoms with E-state index in [4.69, 9.17) is 28.3 Å². The molecule has 0 aliphatic carbocycles. The molecule has 0 saturated carbocycles. The number of nitrogens with one attached hydrogen (secondary N) is 1. The van der Waals surface area contributed by atoms with Gasteiger partial charge in [0.15, 0.2) is 0 Å². The van der Waals surface area contributed by atoms with Gasteiger partial charge < -0.3 is 10.4 Å². The van der Waals surface area contributed by atoms with Crippen molar-refractivity contribution in [2.45, 2.75) is 0 Å². The number of halogens is 3. The monoisotopic (exact) mass is 300 g/mol. The van der Waals surface area contributed by atoms with E-state index in [1.807, 2.05) is 0 Å². The van der Waals surface area contributed by atoms with Crippen LogP contribution in [0.1, 0.15) is 10.4 Å². The fraction of sp³-hybridized carbons (Fsp3) is 0. The highest BCUT2D eigenvalue weighted by Crippen LogP contribution is 2.28. The van der Waals surface area contributed by atoms with Gasteiger partial charge in [0, 0.05) is 0 Å². The summed E-state index contributed by atoms with van der Waals surface area (Å²) in [5.41, 5.74) is -0.0507. The minimum atomic E-state index is -1.16. The van der Waals surface area contributed by atoms with E-state index < -0.39 is 11.8 Å². The van der Waals surface area contributed by atoms with Crippen LogP contribution in [0, 0.1) is 5.82 Å². The smallest absolute Gasteiger partial charge is 0.335 e. The molecule has 0 fully saturated rings. The number of hydrogen-bond acceptors (Lipinski definition) is 3. The Balaban J connectivity index is 2.41. The van der Waals surface area contributed by atoms with Crippen LogP contribution in [0.4, 0.5) is 15.9 Å². The molecule has 0 atom stereocenters. The molecule has 1 heterocycles. The van der Waals surface area contributed by atoms with Crippen LogP contribution < -0.4 is 5.32 Å². The Hall–Kier alpha value is -1.85. The average molecular weight is 301 g/mol. The quantitative estimate of drug-likeness (QED) is 0.842. The third-order valence-corrected chi connectivity index (χ3v) is 2.77. The van der Waals surface area contributed by atoms with Crippen LogP contribution in [0.25, 0.3) is 0 Å². The molecule has 2 N–H and O–H groups in total. The highest BCUT2D eigenvalue weighted by Gasteiger charge is 2.11. The van der Waals surface area contributed by atoms with Crippen LogP contribution in [0.3, 0.4) is 0 Å². The van der Waals surface area contributed by atoms with E-state index in [1.54, 1.807) is 0 Å². The molecule has 98 valence electrons. The van der Waals surface area contributed by atoms with E-state index in [1.165, 1.54) is 30.3 Å². The Morgan fingerprint density at radius 3 is 2.68 bits per heavy atom. The van der Waals surface area contributed by atoms with Crippen molar-refractivity contribution in [1.82, 2.24) is 4.98 Å². The van der Waals surface area contributed by atoms with Crippen molar-refractivity contribution >= 4 is 40.7 Å². The third kappa shape index (κ3) is 3.13. The number of rotatable bonds is 3. The normalized spacial score (nSPS) is 10.3. The van der Waals surface area contributed by atoms with Crippen molar-refractivity contribution in [1.29, 1.82) is 0 Å². The minimum Gasteiger partial charge on any atom is -0.478 e. The summed E-state index contributed by atoms with van der Waals surface area (Å²) < 4.78 is 13.6. The lowest BCUT2D eigenvalue weighted by molar-refractivity contribution is 0.0697. The predicted octanol–water partition coefficient (Wildman–Crippen LogP) is 3.97. The molecule has 1 aromatic heterocycles. The molecule has 19 heavy (non-hydrogen) atoms. The second-order valence-corrected chi connectivity index (χ2v) is 4.39. The summed E-state index contributed by atoms with van der Waals surface area (Å²) in [5, 5.41) is 11.6. The molecule has 1 aromatic carbocycles. The summed E-state index contributed by atoms with van der Waals surface area (Å²) in [6, 6.07) is 6.60. The summed E-state index contributed by atoms with van der Waals surface area (Å²) in [7, 11) is 0. The van der Waals surface area contributed by atoms with Gasteiger partial charge in [-0.2, -0.15) is 0 Å². The number of aromatic carboxylic acids is 1. The summed E-state index contributed by atoms with van der Waals surface area (Å²) in [4.78, 5) is 14.7. The van der Waals surface area contributed by atoms with E-state index in [0.29, 0.717) is 0 Å². The highest BCUT2D eigenvalue weighted by molar-refractivity contribution is 6.33. The number of benzene rings is 1. The molecule has 0 unspecified atom stereocenters. The Bertz CT molecular complexity index is 629. The molecule has 2 rings (SSSR count). The van der Waals surface area contributed by atoms with Gasteiger partial charge in [0.1, 0.15) is 16.8 Å². The first-order valence-electron chi connectivity index (χ1n) is 5.09. The molecule has 0 aliphatic rings. The second kappa shape index (κ2) is 5.42. The van der Waals surface area contributed by atoms with Crippen molar-refractivity contribution in [3.8, 4) is 0 Å². The molecule has 2 aromatic rings. The zero-order valence-corrected chi connectivity index (χ0v) is 10.8. The fourth-order valence-corrected chi connectivity index (χ4v) is 1.85. The van der Waals surface area contributed by atoms with Crippen molar-refractivity contribution in [2.24, 2.45) is 0 Å². The number of carbonyl (C=O) groups is 1. The lowest BCUT2D eigenvalue weighted by Gasteiger charge is -2.09. The van der Waals surface area contributed by atoms with Gasteiger partial charge in [-0.1, -0.05) is 29.3 Å². The van der Waals surface area contributed by atoms with Gasteiger partial charge in [0.25, 0.3) is 0 Å². The highest BCUT2D eigenvalue weighted by atomic mass is 35.5. The van der Waals surface area contributed by atoms with Crippen LogP contribution in [0.5, 0.6) is 0 Å². The van der Waals surface area contributed by atoms with Gasteiger partial charge in [-0.3, -0.25) is 0 Å². The molecule has 0 bridgehead atoms. The number of hydrogen-bond donors (Lipinski definition) is 2. The van der Waals surface area contributed by atoms with Crippen molar-refractivity contribution in [2.75, 3.05) is 5.32 Å². The summed E-state index contributed by atoms with van der Waals surface area (Å²) >= 11 is 11.5. The number of anilines is 2. The lowest BCUT2D eigenvalue weighted by atomic mass is 10.2. The van der Waals surface area contributed by atoms with Crippen LogP contribution in [0.15, 0.2) is 30.3 Å². The molecule has 0 saturated heterocycles. The molecule has 7 heteroatoms. The van der Waals surface area contributed by atoms with E-state index in [2.05, 4.69) is 10.3 Å². The maximum absolute atomic E-state index is 13.6. The van der Waals surface area contributed by atoms with Gasteiger partial charge in [-0.05, 0) is 24.3 Å². The van der Waals surface area contributed by atoms with E-state index in [9.17, 15) is 9.18 Å². The fourth-order valence-electron chi connectivity index (χ4n) is 1.43. The largest absolute Gasteiger partial charge is 0.478 e. The van der Waals surface area contributed by atoms with Crippen LogP contribution >= 0.6 is 23.2 Å². The number of pyridine rings is 1. The number of aromatic nitrogens is 1. The van der Waals surface area contributed by atoms with Gasteiger partial charge >= 0.3 is 5.97 Å². The topological polar surface area (TPSA) is 62.2 Å². The van der Waals surface area contributed by atoms with Crippen LogP contribution in [-0.4, -0.2) is 16.1 Å². The molecule has 4 nitrogen and oxygen atoms in total. The van der Waals surface area contributed by atoms with E-state index >= 15 is 0 Å². The maximum atomic E-state index is 13.6. The molecule has 0 amide bonds. The Morgan fingerprint density at radius 2 is 2.05 bits per heavy atom. The van der Waals surface area contributed by atoms with Gasteiger partial charge in [-0.25, -0.2) is 14.2 Å². The number of carboxylic acid groups (broad SMARTS) is 1. The summed E-state index contributed by atoms with van der Waals surface area (Å²) in [6.07, 6.45) is 0. The maximum Gasteiger partial charge on any atom is 0.335 e. The van der Waals surface area contributed by atoms with Crippen molar-refractivity contribution < 1.29 is 14.3 Å². The molecule has 0 spiro atoms. The number of para-hydroxylation sites is 1. The van der Waals surface area contributed by atoms with Crippen LogP contribution in [0.2, 0.25) is 10.2 Å². The Labute approximate surface area is 117 Å². The first-order chi connectivity index (χ1) is 8.97. The molecule has 0 aliphatic heterocycles. The zero-order chi connectivity index (χ0) is 14.0. The minimum absolute atomic E-state index is 0.00951. The van der Waals surface area contributed by atoms with Gasteiger partial charge in [0.05, 0.1) is 16.3 Å².